The van der Waals surface area contributed by atoms with Gasteiger partial charge in [0, 0.05) is 11.0 Å². The lowest BCUT2D eigenvalue weighted by Crippen LogP contribution is -2.41. The van der Waals surface area contributed by atoms with Crippen molar-refractivity contribution in [3.63, 3.8) is 0 Å². The molecule has 0 amide bonds. The molecule has 0 bridgehead atoms. The summed E-state index contributed by atoms with van der Waals surface area (Å²) < 4.78 is 17.6. The van der Waals surface area contributed by atoms with Crippen molar-refractivity contribution in [1.29, 1.82) is 0 Å². The Morgan fingerprint density at radius 2 is 1.91 bits per heavy atom. The minimum Gasteiger partial charge on any atom is -0.444 e. The predicted octanol–water partition coefficient (Wildman–Crippen LogP) is 3.24. The van der Waals surface area contributed by atoms with Gasteiger partial charge in [-0.25, -0.2) is 4.98 Å². The summed E-state index contributed by atoms with van der Waals surface area (Å²) in [5, 5.41) is -0.363. The molecule has 4 nitrogen and oxygen atoms in total. The summed E-state index contributed by atoms with van der Waals surface area (Å²) in [4.78, 5) is 3.97. The van der Waals surface area contributed by atoms with Crippen molar-refractivity contribution in [3.05, 3.63) is 36.0 Å². The zero-order chi connectivity index (χ0) is 16.0. The van der Waals surface area contributed by atoms with Crippen LogP contribution < -0.4 is 0 Å². The van der Waals surface area contributed by atoms with Gasteiger partial charge in [0.15, 0.2) is 12.2 Å². The molecule has 1 unspecified atom stereocenters. The van der Waals surface area contributed by atoms with Gasteiger partial charge in [0.05, 0.1) is 17.4 Å². The highest BCUT2D eigenvalue weighted by molar-refractivity contribution is 6.58. The lowest BCUT2D eigenvalue weighted by Gasteiger charge is -2.32. The Balaban J connectivity index is 2.07. The average Bonchev–Trinajstić information content (AvgIpc) is 2.95. The van der Waals surface area contributed by atoms with Crippen LogP contribution in [0.5, 0.6) is 0 Å². The molecule has 3 rings (SSSR count). The van der Waals surface area contributed by atoms with E-state index in [0.717, 1.165) is 5.57 Å². The van der Waals surface area contributed by atoms with E-state index >= 15 is 0 Å². The van der Waals surface area contributed by atoms with E-state index in [-0.39, 0.29) is 5.38 Å². The third kappa shape index (κ3) is 2.63. The minimum atomic E-state index is -0.566. The first-order valence-electron chi connectivity index (χ1n) is 7.13. The van der Waals surface area contributed by atoms with Crippen molar-refractivity contribution in [1.82, 2.24) is 4.98 Å². The van der Waals surface area contributed by atoms with Crippen LogP contribution in [0.2, 0.25) is 0 Å². The predicted molar refractivity (Wildman–Crippen MR) is 86.1 cm³/mol. The van der Waals surface area contributed by atoms with E-state index in [1.807, 2.05) is 39.8 Å². The maximum absolute atomic E-state index is 6.12. The van der Waals surface area contributed by atoms with E-state index in [1.54, 1.807) is 6.20 Å². The third-order valence-corrected chi connectivity index (χ3v) is 4.51. The summed E-state index contributed by atoms with van der Waals surface area (Å²) in [6, 6.07) is 0. The molecular weight excluding hydrogens is 300 g/mol. The molecule has 1 aromatic rings. The Hall–Kier alpha value is -1.48. The maximum atomic E-state index is 6.12. The molecule has 1 saturated heterocycles. The summed E-state index contributed by atoms with van der Waals surface area (Å²) in [6.45, 7) is 8.02. The lowest BCUT2D eigenvalue weighted by atomic mass is 9.75. The van der Waals surface area contributed by atoms with E-state index in [2.05, 4.69) is 16.8 Å². The van der Waals surface area contributed by atoms with Crippen LogP contribution in [0, 0.1) is 11.8 Å². The molecular formula is C16H17BClNO3. The second-order valence-corrected chi connectivity index (χ2v) is 6.78. The third-order valence-electron chi connectivity index (χ3n) is 4.25. The van der Waals surface area contributed by atoms with Crippen LogP contribution in [0.3, 0.4) is 0 Å². The van der Waals surface area contributed by atoms with Gasteiger partial charge in [-0.1, -0.05) is 24.0 Å². The van der Waals surface area contributed by atoms with Gasteiger partial charge in [0.1, 0.15) is 5.38 Å². The molecule has 0 spiro atoms. The minimum absolute atomic E-state index is 0.363. The first-order valence-corrected chi connectivity index (χ1v) is 7.56. The van der Waals surface area contributed by atoms with Gasteiger partial charge in [0.25, 0.3) is 0 Å². The maximum Gasteiger partial charge on any atom is 0.504 e. The van der Waals surface area contributed by atoms with E-state index in [9.17, 15) is 0 Å². The molecule has 22 heavy (non-hydrogen) atoms. The summed E-state index contributed by atoms with van der Waals surface area (Å²) in [5.41, 5.74) is 0.617. The molecule has 1 aliphatic heterocycles. The molecule has 0 radical (unpaired) electrons. The molecule has 1 atom stereocenters. The highest BCUT2D eigenvalue weighted by Crippen LogP contribution is 2.40. The Bertz CT molecular complexity index is 679. The Labute approximate surface area is 135 Å². The van der Waals surface area contributed by atoms with Crippen molar-refractivity contribution in [2.24, 2.45) is 0 Å². The highest BCUT2D eigenvalue weighted by Gasteiger charge is 2.53. The SMILES string of the molecule is CC1(C)OB(C2=C(c3cnco3)C=CC(Cl)C#C2)OC1(C)C. The summed E-state index contributed by atoms with van der Waals surface area (Å²) in [5.74, 6) is 6.66. The zero-order valence-corrected chi connectivity index (χ0v) is 13.8. The summed E-state index contributed by atoms with van der Waals surface area (Å²) >= 11 is 6.12. The Kier molecular flexibility index (Phi) is 3.72. The summed E-state index contributed by atoms with van der Waals surface area (Å²) in [7, 11) is -0.566. The largest absolute Gasteiger partial charge is 0.504 e. The van der Waals surface area contributed by atoms with Gasteiger partial charge >= 0.3 is 7.12 Å². The van der Waals surface area contributed by atoms with Crippen LogP contribution in [-0.4, -0.2) is 28.7 Å². The van der Waals surface area contributed by atoms with Gasteiger partial charge < -0.3 is 13.7 Å². The molecule has 114 valence electrons. The number of hydrogen-bond acceptors (Lipinski definition) is 4. The van der Waals surface area contributed by atoms with Crippen molar-refractivity contribution in [2.75, 3.05) is 0 Å². The smallest absolute Gasteiger partial charge is 0.444 e. The second kappa shape index (κ2) is 5.31. The number of hydrogen-bond donors (Lipinski definition) is 0. The number of aromatic nitrogens is 1. The van der Waals surface area contributed by atoms with Crippen molar-refractivity contribution in [3.8, 4) is 11.8 Å². The van der Waals surface area contributed by atoms with E-state index < -0.39 is 18.3 Å². The standard InChI is InChI=1S/C16H17BClNO3/c1-15(2)16(3,4)22-17(21-15)13-8-6-11(18)5-7-12(13)14-9-19-10-20-14/h5,7,9-11H,1-4H3. The molecule has 1 aliphatic carbocycles. The van der Waals surface area contributed by atoms with Crippen molar-refractivity contribution < 1.29 is 13.7 Å². The summed E-state index contributed by atoms with van der Waals surface area (Å²) in [6.07, 6.45) is 6.70. The molecule has 0 N–H and O–H groups in total. The Morgan fingerprint density at radius 3 is 2.50 bits per heavy atom. The van der Waals surface area contributed by atoms with Crippen LogP contribution in [0.25, 0.3) is 5.57 Å². The number of allylic oxidation sites excluding steroid dienone is 4. The first kappa shape index (κ1) is 15.4. The molecule has 2 aliphatic rings. The van der Waals surface area contributed by atoms with Crippen LogP contribution in [-0.2, 0) is 9.31 Å². The molecule has 0 saturated carbocycles. The van der Waals surface area contributed by atoms with Crippen LogP contribution in [0.1, 0.15) is 33.5 Å². The fraction of sp³-hybridized carbons (Fsp3) is 0.438. The number of halogens is 1. The number of rotatable bonds is 2. The molecule has 6 heteroatoms. The molecule has 1 fully saturated rings. The van der Waals surface area contributed by atoms with E-state index in [4.69, 9.17) is 25.3 Å². The van der Waals surface area contributed by atoms with E-state index in [0.29, 0.717) is 11.2 Å². The molecule has 0 aromatic carbocycles. The average molecular weight is 318 g/mol. The fourth-order valence-corrected chi connectivity index (χ4v) is 2.37. The lowest BCUT2D eigenvalue weighted by molar-refractivity contribution is 0.00578. The van der Waals surface area contributed by atoms with Gasteiger partial charge in [-0.05, 0) is 27.7 Å². The highest BCUT2D eigenvalue weighted by atomic mass is 35.5. The topological polar surface area (TPSA) is 44.5 Å². The molecule has 2 heterocycles. The fourth-order valence-electron chi connectivity index (χ4n) is 2.24. The van der Waals surface area contributed by atoms with Crippen LogP contribution in [0.15, 0.2) is 34.6 Å². The van der Waals surface area contributed by atoms with Crippen LogP contribution >= 0.6 is 11.6 Å². The quantitative estimate of drug-likeness (QED) is 0.477. The monoisotopic (exact) mass is 317 g/mol. The number of oxazole rings is 1. The molecule has 1 aromatic heterocycles. The van der Waals surface area contributed by atoms with Crippen molar-refractivity contribution >= 4 is 24.3 Å². The van der Waals surface area contributed by atoms with Gasteiger partial charge in [-0.2, -0.15) is 0 Å². The van der Waals surface area contributed by atoms with E-state index in [1.165, 1.54) is 6.39 Å². The van der Waals surface area contributed by atoms with Gasteiger partial charge in [-0.3, -0.25) is 0 Å². The number of nitrogens with zero attached hydrogens (tertiary/aromatic N) is 1. The first-order chi connectivity index (χ1) is 10.3. The van der Waals surface area contributed by atoms with Crippen LogP contribution in [0.4, 0.5) is 0 Å². The number of alkyl halides is 1. The van der Waals surface area contributed by atoms with Gasteiger partial charge in [-0.15, -0.1) is 11.6 Å². The van der Waals surface area contributed by atoms with Crippen molar-refractivity contribution in [2.45, 2.75) is 44.3 Å². The second-order valence-electron chi connectivity index (χ2n) is 6.31. The zero-order valence-electron chi connectivity index (χ0n) is 13.0. The Morgan fingerprint density at radius 1 is 1.23 bits per heavy atom. The normalized spacial score (nSPS) is 25.9. The van der Waals surface area contributed by atoms with Gasteiger partial charge in [0.2, 0.25) is 0 Å².